The summed E-state index contributed by atoms with van der Waals surface area (Å²) in [5.41, 5.74) is -1.47. The highest BCUT2D eigenvalue weighted by molar-refractivity contribution is 7.92. The number of carbonyl (C=O) groups excluding carboxylic acids is 1. The van der Waals surface area contributed by atoms with E-state index in [2.05, 4.69) is 0 Å². The van der Waals surface area contributed by atoms with E-state index in [0.717, 1.165) is 37.8 Å². The number of benzene rings is 1. The van der Waals surface area contributed by atoms with Crippen molar-refractivity contribution in [1.82, 2.24) is 4.90 Å². The Balaban J connectivity index is 1.49. The molecule has 1 unspecified atom stereocenters. The van der Waals surface area contributed by atoms with E-state index in [1.165, 1.54) is 12.1 Å². The fourth-order valence-corrected chi connectivity index (χ4v) is 7.34. The van der Waals surface area contributed by atoms with Gasteiger partial charge in [0.05, 0.1) is 21.2 Å². The highest BCUT2D eigenvalue weighted by atomic mass is 32.2. The molecule has 0 radical (unpaired) electrons. The molecular weight excluding hydrogens is 381 g/mol. The molecule has 1 aromatic rings. The lowest BCUT2D eigenvalue weighted by Crippen LogP contribution is -2.42. The Hall–Kier alpha value is -1.47. The zero-order valence-corrected chi connectivity index (χ0v) is 17.3. The lowest BCUT2D eigenvalue weighted by atomic mass is 9.71. The molecule has 2 bridgehead atoms. The molecule has 0 spiro atoms. The summed E-state index contributed by atoms with van der Waals surface area (Å²) in [5.74, 6) is -0.424. The average Bonchev–Trinajstić information content (AvgIpc) is 3.36. The summed E-state index contributed by atoms with van der Waals surface area (Å²) in [6.45, 7) is 4.29. The first-order chi connectivity index (χ1) is 13.0. The zero-order chi connectivity index (χ0) is 20.4. The van der Waals surface area contributed by atoms with Crippen LogP contribution in [-0.4, -0.2) is 48.3 Å². The van der Waals surface area contributed by atoms with Crippen molar-refractivity contribution in [2.45, 2.75) is 68.1 Å². The third kappa shape index (κ3) is 2.89. The van der Waals surface area contributed by atoms with Crippen molar-refractivity contribution in [2.24, 2.45) is 10.8 Å². The molecule has 0 aromatic heterocycles. The second-order valence-electron chi connectivity index (χ2n) is 9.46. The van der Waals surface area contributed by atoms with Gasteiger partial charge in [0.1, 0.15) is 5.82 Å². The molecule has 4 rings (SSSR count). The SMILES string of the molecule is CC(C)(O)C12CCC(C(=O)N3CCC(S(=O)(=O)c4ccc(F)cc4)C3)(CC1)C2. The lowest BCUT2D eigenvalue weighted by Gasteiger charge is -2.38. The van der Waals surface area contributed by atoms with Gasteiger partial charge in [0.25, 0.3) is 0 Å². The van der Waals surface area contributed by atoms with E-state index in [0.29, 0.717) is 19.4 Å². The van der Waals surface area contributed by atoms with E-state index in [1.54, 1.807) is 4.90 Å². The first-order valence-corrected chi connectivity index (χ1v) is 11.6. The highest BCUT2D eigenvalue weighted by Gasteiger charge is 2.63. The molecule has 5 nitrogen and oxygen atoms in total. The molecule has 2 aliphatic carbocycles. The molecule has 1 aromatic carbocycles. The topological polar surface area (TPSA) is 74.7 Å². The summed E-state index contributed by atoms with van der Waals surface area (Å²) < 4.78 is 38.9. The van der Waals surface area contributed by atoms with Crippen LogP contribution in [0.25, 0.3) is 0 Å². The van der Waals surface area contributed by atoms with E-state index in [-0.39, 0.29) is 22.8 Å². The van der Waals surface area contributed by atoms with Gasteiger partial charge in [0.2, 0.25) is 5.91 Å². The molecule has 1 amide bonds. The van der Waals surface area contributed by atoms with Crippen LogP contribution in [0, 0.1) is 16.6 Å². The molecule has 1 saturated heterocycles. The smallest absolute Gasteiger partial charge is 0.228 e. The number of likely N-dealkylation sites (tertiary alicyclic amines) is 1. The molecule has 1 aliphatic heterocycles. The van der Waals surface area contributed by atoms with Crippen LogP contribution in [0.1, 0.15) is 52.4 Å². The standard InChI is InChI=1S/C21H28FNO4S/c1-19(2,25)21-10-8-20(14-21,9-11-21)18(24)23-12-7-17(13-23)28(26,27)16-5-3-15(22)4-6-16/h3-6,17,25H,7-14H2,1-2H3. The maximum atomic E-state index is 13.4. The van der Waals surface area contributed by atoms with Crippen LogP contribution in [0.5, 0.6) is 0 Å². The fraction of sp³-hybridized carbons (Fsp3) is 0.667. The van der Waals surface area contributed by atoms with Gasteiger partial charge in [-0.05, 0) is 82.1 Å². The van der Waals surface area contributed by atoms with Gasteiger partial charge in [-0.3, -0.25) is 4.79 Å². The van der Waals surface area contributed by atoms with Gasteiger partial charge in [0.15, 0.2) is 9.84 Å². The van der Waals surface area contributed by atoms with Crippen LogP contribution in [-0.2, 0) is 14.6 Å². The second-order valence-corrected chi connectivity index (χ2v) is 11.7. The van der Waals surface area contributed by atoms with Gasteiger partial charge in [0, 0.05) is 13.1 Å². The summed E-state index contributed by atoms with van der Waals surface area (Å²) in [6.07, 6.45) is 4.30. The number of amides is 1. The fourth-order valence-electron chi connectivity index (χ4n) is 5.64. The van der Waals surface area contributed by atoms with Gasteiger partial charge in [-0.15, -0.1) is 0 Å². The molecule has 28 heavy (non-hydrogen) atoms. The summed E-state index contributed by atoms with van der Waals surface area (Å²) in [4.78, 5) is 15.2. The Kier molecular flexibility index (Phi) is 4.43. The van der Waals surface area contributed by atoms with Gasteiger partial charge < -0.3 is 10.0 Å². The van der Waals surface area contributed by atoms with Gasteiger partial charge in [-0.25, -0.2) is 12.8 Å². The van der Waals surface area contributed by atoms with Crippen molar-refractivity contribution < 1.29 is 22.7 Å². The predicted molar refractivity (Wildman–Crippen MR) is 103 cm³/mol. The minimum Gasteiger partial charge on any atom is -0.390 e. The summed E-state index contributed by atoms with van der Waals surface area (Å²) in [6, 6.07) is 4.88. The van der Waals surface area contributed by atoms with Crippen LogP contribution in [0.2, 0.25) is 0 Å². The summed E-state index contributed by atoms with van der Waals surface area (Å²) >= 11 is 0. The van der Waals surface area contributed by atoms with Crippen LogP contribution in [0.4, 0.5) is 4.39 Å². The van der Waals surface area contributed by atoms with Crippen molar-refractivity contribution in [3.8, 4) is 0 Å². The minimum absolute atomic E-state index is 0.0490. The number of nitrogens with zero attached hydrogens (tertiary/aromatic N) is 1. The quantitative estimate of drug-likeness (QED) is 0.776. The number of carbonyl (C=O) groups is 1. The van der Waals surface area contributed by atoms with Crippen LogP contribution in [0.15, 0.2) is 29.2 Å². The van der Waals surface area contributed by atoms with Gasteiger partial charge in [-0.2, -0.15) is 0 Å². The molecular formula is C21H28FNO4S. The third-order valence-corrected chi connectivity index (χ3v) is 9.80. The highest BCUT2D eigenvalue weighted by Crippen LogP contribution is 2.66. The Morgan fingerprint density at radius 3 is 2.32 bits per heavy atom. The van der Waals surface area contributed by atoms with Gasteiger partial charge in [-0.1, -0.05) is 0 Å². The normalized spacial score (nSPS) is 32.9. The number of hydrogen-bond donors (Lipinski definition) is 1. The van der Waals surface area contributed by atoms with Crippen molar-refractivity contribution >= 4 is 15.7 Å². The number of sulfone groups is 1. The molecule has 154 valence electrons. The largest absolute Gasteiger partial charge is 0.390 e. The molecule has 1 atom stereocenters. The summed E-state index contributed by atoms with van der Waals surface area (Å²) in [7, 11) is -3.60. The summed E-state index contributed by atoms with van der Waals surface area (Å²) in [5, 5.41) is 9.97. The monoisotopic (exact) mass is 409 g/mol. The predicted octanol–water partition coefficient (Wildman–Crippen LogP) is 2.92. The Morgan fingerprint density at radius 1 is 1.18 bits per heavy atom. The molecule has 1 N–H and O–H groups in total. The molecule has 1 heterocycles. The van der Waals surface area contributed by atoms with Crippen LogP contribution >= 0.6 is 0 Å². The van der Waals surface area contributed by atoms with Crippen molar-refractivity contribution in [2.75, 3.05) is 13.1 Å². The van der Waals surface area contributed by atoms with Crippen molar-refractivity contribution in [1.29, 1.82) is 0 Å². The maximum absolute atomic E-state index is 13.4. The van der Waals surface area contributed by atoms with Crippen molar-refractivity contribution in [3.63, 3.8) is 0 Å². The van der Waals surface area contributed by atoms with Crippen LogP contribution in [0.3, 0.4) is 0 Å². The maximum Gasteiger partial charge on any atom is 0.228 e. The van der Waals surface area contributed by atoms with E-state index in [9.17, 15) is 22.7 Å². The zero-order valence-electron chi connectivity index (χ0n) is 16.4. The Labute approximate surface area is 165 Å². The Morgan fingerprint density at radius 2 is 1.79 bits per heavy atom. The van der Waals surface area contributed by atoms with E-state index in [4.69, 9.17) is 0 Å². The molecule has 2 saturated carbocycles. The van der Waals surface area contributed by atoms with Gasteiger partial charge >= 0.3 is 0 Å². The molecule has 3 aliphatic rings. The number of halogens is 1. The number of rotatable bonds is 4. The Bertz CT molecular complexity index is 880. The molecule has 3 fully saturated rings. The van der Waals surface area contributed by atoms with Crippen LogP contribution < -0.4 is 0 Å². The number of hydrogen-bond acceptors (Lipinski definition) is 4. The average molecular weight is 410 g/mol. The first-order valence-electron chi connectivity index (χ1n) is 10.0. The number of aliphatic hydroxyl groups is 1. The van der Waals surface area contributed by atoms with E-state index in [1.807, 2.05) is 13.8 Å². The van der Waals surface area contributed by atoms with E-state index < -0.39 is 31.9 Å². The molecule has 7 heteroatoms. The first kappa shape index (κ1) is 19.8. The van der Waals surface area contributed by atoms with Crippen molar-refractivity contribution in [3.05, 3.63) is 30.1 Å². The lowest BCUT2D eigenvalue weighted by molar-refractivity contribution is -0.140. The minimum atomic E-state index is -3.60. The number of fused-ring (bicyclic) bond motifs is 2. The van der Waals surface area contributed by atoms with E-state index >= 15 is 0 Å². The third-order valence-electron chi connectivity index (χ3n) is 7.61. The second kappa shape index (κ2) is 6.26.